The van der Waals surface area contributed by atoms with Gasteiger partial charge >= 0.3 is 6.09 Å². The third-order valence-corrected chi connectivity index (χ3v) is 5.45. The summed E-state index contributed by atoms with van der Waals surface area (Å²) < 4.78 is 32.3. The predicted octanol–water partition coefficient (Wildman–Crippen LogP) is 2.13. The second-order valence-electron chi connectivity index (χ2n) is 6.33. The smallest absolute Gasteiger partial charge is 0.407 e. The number of ether oxygens (including phenoxy) is 1. The van der Waals surface area contributed by atoms with E-state index in [1.165, 1.54) is 22.8 Å². The molecule has 0 spiro atoms. The van der Waals surface area contributed by atoms with Gasteiger partial charge in [-0.25, -0.2) is 13.2 Å². The van der Waals surface area contributed by atoms with Gasteiger partial charge in [0.2, 0.25) is 10.0 Å². The van der Waals surface area contributed by atoms with Crippen molar-refractivity contribution >= 4 is 32.0 Å². The average molecular weight is 406 g/mol. The molecule has 1 aliphatic heterocycles. The fraction of sp³-hybridized carbons (Fsp3) is 0.571. The van der Waals surface area contributed by atoms with Gasteiger partial charge in [-0.05, 0) is 49.2 Å². The first kappa shape index (κ1) is 18.2. The summed E-state index contributed by atoms with van der Waals surface area (Å²) in [6.45, 7) is 5.89. The molecule has 1 N–H and O–H groups in total. The number of sulfonamides is 1. The lowest BCUT2D eigenvalue weighted by Gasteiger charge is -2.22. The Balaban J connectivity index is 2.01. The highest BCUT2D eigenvalue weighted by molar-refractivity contribution is 9.10. The summed E-state index contributed by atoms with van der Waals surface area (Å²) in [5.41, 5.74) is -0.587. The van der Waals surface area contributed by atoms with Crippen LogP contribution in [0, 0.1) is 0 Å². The van der Waals surface area contributed by atoms with Gasteiger partial charge in [0.05, 0.1) is 0 Å². The first-order valence-electron chi connectivity index (χ1n) is 7.18. The van der Waals surface area contributed by atoms with Gasteiger partial charge in [-0.2, -0.15) is 4.31 Å². The minimum Gasteiger partial charge on any atom is -0.444 e. The number of halogens is 1. The minimum absolute atomic E-state index is 0.129. The number of aromatic nitrogens is 1. The molecule has 2 heterocycles. The first-order chi connectivity index (χ1) is 10.6. The summed E-state index contributed by atoms with van der Waals surface area (Å²) in [4.78, 5) is 15.8. The van der Waals surface area contributed by atoms with Crippen LogP contribution in [-0.4, -0.2) is 48.5 Å². The van der Waals surface area contributed by atoms with Crippen LogP contribution >= 0.6 is 15.9 Å². The van der Waals surface area contributed by atoms with E-state index in [0.717, 1.165) is 0 Å². The Bertz CT molecular complexity index is 688. The van der Waals surface area contributed by atoms with E-state index < -0.39 is 21.7 Å². The maximum Gasteiger partial charge on any atom is 0.407 e. The number of amides is 1. The topological polar surface area (TPSA) is 88.6 Å². The van der Waals surface area contributed by atoms with Gasteiger partial charge in [0.15, 0.2) is 0 Å². The monoisotopic (exact) mass is 405 g/mol. The van der Waals surface area contributed by atoms with Crippen molar-refractivity contribution in [2.75, 3.05) is 13.1 Å². The van der Waals surface area contributed by atoms with Crippen LogP contribution in [0.3, 0.4) is 0 Å². The van der Waals surface area contributed by atoms with E-state index in [1.807, 2.05) is 0 Å². The summed E-state index contributed by atoms with van der Waals surface area (Å²) >= 11 is 3.22. The van der Waals surface area contributed by atoms with Crippen molar-refractivity contribution in [1.29, 1.82) is 0 Å². The lowest BCUT2D eigenvalue weighted by atomic mass is 10.2. The molecule has 2 rings (SSSR count). The van der Waals surface area contributed by atoms with Crippen molar-refractivity contribution in [2.45, 2.75) is 43.7 Å². The zero-order valence-corrected chi connectivity index (χ0v) is 15.6. The molecule has 128 valence electrons. The second-order valence-corrected chi connectivity index (χ2v) is 9.19. The maximum absolute atomic E-state index is 12.6. The molecule has 1 atom stereocenters. The van der Waals surface area contributed by atoms with Gasteiger partial charge in [-0.3, -0.25) is 4.98 Å². The Kier molecular flexibility index (Phi) is 5.32. The molecule has 0 aromatic carbocycles. The van der Waals surface area contributed by atoms with Gasteiger partial charge in [0, 0.05) is 36.0 Å². The summed E-state index contributed by atoms with van der Waals surface area (Å²) in [5.74, 6) is 0. The number of nitrogens with one attached hydrogen (secondary N) is 1. The Morgan fingerprint density at radius 1 is 1.43 bits per heavy atom. The lowest BCUT2D eigenvalue weighted by Crippen LogP contribution is -2.41. The van der Waals surface area contributed by atoms with E-state index in [2.05, 4.69) is 26.2 Å². The zero-order chi connectivity index (χ0) is 17.3. The molecule has 0 unspecified atom stereocenters. The van der Waals surface area contributed by atoms with E-state index in [9.17, 15) is 13.2 Å². The molecule has 0 bridgehead atoms. The van der Waals surface area contributed by atoms with E-state index >= 15 is 0 Å². The van der Waals surface area contributed by atoms with E-state index in [-0.39, 0.29) is 17.5 Å². The quantitative estimate of drug-likeness (QED) is 0.831. The number of hydrogen-bond donors (Lipinski definition) is 1. The van der Waals surface area contributed by atoms with Crippen LogP contribution in [0.1, 0.15) is 27.2 Å². The fourth-order valence-electron chi connectivity index (χ4n) is 2.22. The summed E-state index contributed by atoms with van der Waals surface area (Å²) in [6.07, 6.45) is 2.84. The second kappa shape index (κ2) is 6.74. The predicted molar refractivity (Wildman–Crippen MR) is 88.5 cm³/mol. The highest BCUT2D eigenvalue weighted by Gasteiger charge is 2.34. The molecule has 0 radical (unpaired) electrons. The maximum atomic E-state index is 12.6. The van der Waals surface area contributed by atoms with Crippen molar-refractivity contribution in [3.63, 3.8) is 0 Å². The molecular formula is C14H20BrN3O4S. The number of alkyl carbamates (subject to hydrolysis) is 1. The van der Waals surface area contributed by atoms with Crippen LogP contribution in [-0.2, 0) is 14.8 Å². The van der Waals surface area contributed by atoms with Gasteiger partial charge in [0.1, 0.15) is 10.5 Å². The van der Waals surface area contributed by atoms with Crippen molar-refractivity contribution in [3.8, 4) is 0 Å². The highest BCUT2D eigenvalue weighted by atomic mass is 79.9. The van der Waals surface area contributed by atoms with Gasteiger partial charge in [-0.1, -0.05) is 0 Å². The van der Waals surface area contributed by atoms with Crippen molar-refractivity contribution in [2.24, 2.45) is 0 Å². The Hall–Kier alpha value is -1.19. The van der Waals surface area contributed by atoms with Crippen LogP contribution < -0.4 is 5.32 Å². The van der Waals surface area contributed by atoms with Gasteiger partial charge in [-0.15, -0.1) is 0 Å². The molecule has 1 aromatic heterocycles. The number of nitrogens with zero attached hydrogens (tertiary/aromatic N) is 2. The van der Waals surface area contributed by atoms with Crippen LogP contribution in [0.5, 0.6) is 0 Å². The SMILES string of the molecule is CC(C)(C)OC(=O)N[C@@H]1CCN(S(=O)(=O)c2cncc(Br)c2)C1. The third kappa shape index (κ3) is 4.89. The molecule has 9 heteroatoms. The van der Waals surface area contributed by atoms with Crippen molar-refractivity contribution < 1.29 is 17.9 Å². The zero-order valence-electron chi connectivity index (χ0n) is 13.2. The normalized spacial score (nSPS) is 19.6. The molecule has 1 saturated heterocycles. The summed E-state index contributed by atoms with van der Waals surface area (Å²) in [7, 11) is -3.62. The van der Waals surface area contributed by atoms with Crippen molar-refractivity contribution in [1.82, 2.24) is 14.6 Å². The Labute approximate surface area is 144 Å². The van der Waals surface area contributed by atoms with Crippen LogP contribution in [0.4, 0.5) is 4.79 Å². The van der Waals surface area contributed by atoms with Crippen LogP contribution in [0.25, 0.3) is 0 Å². The van der Waals surface area contributed by atoms with Crippen molar-refractivity contribution in [3.05, 3.63) is 22.9 Å². The minimum atomic E-state index is -3.62. The number of pyridine rings is 1. The molecule has 23 heavy (non-hydrogen) atoms. The van der Waals surface area contributed by atoms with Crippen LogP contribution in [0.15, 0.2) is 27.8 Å². The molecule has 1 amide bonds. The summed E-state index contributed by atoms with van der Waals surface area (Å²) in [5, 5.41) is 2.71. The Morgan fingerprint density at radius 2 is 2.13 bits per heavy atom. The standard InChI is InChI=1S/C14H20BrN3O4S/c1-14(2,3)22-13(19)17-11-4-5-18(9-11)23(20,21)12-6-10(15)7-16-8-12/h6-8,11H,4-5,9H2,1-3H3,(H,17,19)/t11-/m1/s1. The van der Waals surface area contributed by atoms with Gasteiger partial charge < -0.3 is 10.1 Å². The molecule has 1 fully saturated rings. The molecule has 0 aliphatic carbocycles. The number of carbonyl (C=O) groups is 1. The number of rotatable bonds is 3. The van der Waals surface area contributed by atoms with Crippen LogP contribution in [0.2, 0.25) is 0 Å². The third-order valence-electron chi connectivity index (χ3n) is 3.19. The summed E-state index contributed by atoms with van der Waals surface area (Å²) in [6, 6.07) is 1.25. The Morgan fingerprint density at radius 3 is 2.74 bits per heavy atom. The fourth-order valence-corrected chi connectivity index (χ4v) is 4.23. The first-order valence-corrected chi connectivity index (χ1v) is 9.41. The molecule has 0 saturated carbocycles. The van der Waals surface area contributed by atoms with E-state index in [0.29, 0.717) is 17.4 Å². The number of carbonyl (C=O) groups excluding carboxylic acids is 1. The highest BCUT2D eigenvalue weighted by Crippen LogP contribution is 2.22. The van der Waals surface area contributed by atoms with E-state index in [4.69, 9.17) is 4.74 Å². The molecule has 1 aliphatic rings. The van der Waals surface area contributed by atoms with E-state index in [1.54, 1.807) is 20.8 Å². The van der Waals surface area contributed by atoms with Gasteiger partial charge in [0.25, 0.3) is 0 Å². The average Bonchev–Trinajstić information content (AvgIpc) is 2.85. The lowest BCUT2D eigenvalue weighted by molar-refractivity contribution is 0.0507. The molecule has 7 nitrogen and oxygen atoms in total. The molecule has 1 aromatic rings. The molecular weight excluding hydrogens is 386 g/mol. The largest absolute Gasteiger partial charge is 0.444 e. The number of hydrogen-bond acceptors (Lipinski definition) is 5.